The van der Waals surface area contributed by atoms with Crippen molar-refractivity contribution in [2.75, 3.05) is 45.3 Å². The number of likely N-dealkylation sites (tertiary alicyclic amines) is 1. The van der Waals surface area contributed by atoms with E-state index in [1.165, 1.54) is 18.4 Å². The number of hydrogen-bond donors (Lipinski definition) is 0. The molecule has 1 atom stereocenters. The highest BCUT2D eigenvalue weighted by Gasteiger charge is 2.55. The standard InChI is InChI=1S/C35H45FN6O2/c1-22(2)32(26-15-35(16-26,43-4)44-5)42-19-34(20-42)10-11-41(18-34)33-31(40-39-21-38-33)13-25-8-9-27(36)14-29(25)30-17-37-23(3)12-28(30)24-6-7-24/h8-9,12,14,17,21-22,24,26,32H,6-7,10-11,13,15-16,18-20H2,1-5H3/t32-/m0/s1. The van der Waals surface area contributed by atoms with E-state index in [1.54, 1.807) is 32.7 Å². The Morgan fingerprint density at radius 2 is 1.80 bits per heavy atom. The molecule has 2 aromatic heterocycles. The lowest BCUT2D eigenvalue weighted by atomic mass is 9.67. The lowest BCUT2D eigenvalue weighted by Crippen LogP contribution is -2.66. The molecule has 44 heavy (non-hydrogen) atoms. The Hall–Kier alpha value is -3.01. The van der Waals surface area contributed by atoms with Crippen LogP contribution in [0.2, 0.25) is 0 Å². The Morgan fingerprint density at radius 3 is 2.50 bits per heavy atom. The fourth-order valence-corrected chi connectivity index (χ4v) is 8.41. The van der Waals surface area contributed by atoms with Crippen LogP contribution in [0.4, 0.5) is 10.2 Å². The summed E-state index contributed by atoms with van der Waals surface area (Å²) in [4.78, 5) is 14.5. The fraction of sp³-hybridized carbons (Fsp3) is 0.600. The molecule has 2 aliphatic heterocycles. The van der Waals surface area contributed by atoms with Crippen molar-refractivity contribution >= 4 is 5.82 Å². The molecule has 0 unspecified atom stereocenters. The third kappa shape index (κ3) is 5.41. The largest absolute Gasteiger partial charge is 0.354 e. The molecule has 7 rings (SSSR count). The zero-order chi connectivity index (χ0) is 30.6. The maximum Gasteiger partial charge on any atom is 0.168 e. The summed E-state index contributed by atoms with van der Waals surface area (Å²) < 4.78 is 26.1. The Labute approximate surface area is 260 Å². The summed E-state index contributed by atoms with van der Waals surface area (Å²) in [5, 5.41) is 8.78. The van der Waals surface area contributed by atoms with Gasteiger partial charge in [0.05, 0.1) is 0 Å². The van der Waals surface area contributed by atoms with Gasteiger partial charge < -0.3 is 14.4 Å². The molecule has 0 N–H and O–H groups in total. The monoisotopic (exact) mass is 600 g/mol. The smallest absolute Gasteiger partial charge is 0.168 e. The molecule has 2 saturated heterocycles. The molecule has 4 heterocycles. The number of aromatic nitrogens is 4. The van der Waals surface area contributed by atoms with Crippen molar-refractivity contribution < 1.29 is 13.9 Å². The first kappa shape index (κ1) is 29.7. The van der Waals surface area contributed by atoms with Crippen molar-refractivity contribution in [3.05, 3.63) is 65.1 Å². The van der Waals surface area contributed by atoms with Crippen LogP contribution < -0.4 is 4.90 Å². The van der Waals surface area contributed by atoms with Gasteiger partial charge in [-0.3, -0.25) is 9.88 Å². The number of pyridine rings is 1. The van der Waals surface area contributed by atoms with Crippen molar-refractivity contribution in [1.82, 2.24) is 25.1 Å². The summed E-state index contributed by atoms with van der Waals surface area (Å²) in [6, 6.07) is 7.80. The highest BCUT2D eigenvalue weighted by molar-refractivity contribution is 5.72. The number of rotatable bonds is 10. The van der Waals surface area contributed by atoms with E-state index in [1.807, 2.05) is 19.2 Å². The van der Waals surface area contributed by atoms with Crippen LogP contribution in [0.5, 0.6) is 0 Å². The molecule has 9 heteroatoms. The zero-order valence-corrected chi connectivity index (χ0v) is 26.7. The minimum absolute atomic E-state index is 0.240. The lowest BCUT2D eigenvalue weighted by molar-refractivity contribution is -0.282. The molecule has 0 bridgehead atoms. The number of anilines is 1. The van der Waals surface area contributed by atoms with Crippen LogP contribution in [0.3, 0.4) is 0 Å². The molecular formula is C35H45FN6O2. The Bertz CT molecular complexity index is 1510. The summed E-state index contributed by atoms with van der Waals surface area (Å²) in [7, 11) is 3.52. The van der Waals surface area contributed by atoms with Crippen LogP contribution in [-0.2, 0) is 15.9 Å². The van der Waals surface area contributed by atoms with E-state index in [4.69, 9.17) is 14.5 Å². The Morgan fingerprint density at radius 1 is 1.02 bits per heavy atom. The summed E-state index contributed by atoms with van der Waals surface area (Å²) in [5.41, 5.74) is 6.32. The van der Waals surface area contributed by atoms with E-state index in [-0.39, 0.29) is 11.2 Å². The molecule has 2 saturated carbocycles. The molecule has 0 radical (unpaired) electrons. The summed E-state index contributed by atoms with van der Waals surface area (Å²) in [6.07, 6.45) is 9.42. The summed E-state index contributed by atoms with van der Waals surface area (Å²) in [6.45, 7) is 10.8. The van der Waals surface area contributed by atoms with E-state index in [2.05, 4.69) is 44.9 Å². The molecule has 2 aliphatic carbocycles. The predicted molar refractivity (Wildman–Crippen MR) is 168 cm³/mol. The highest BCUT2D eigenvalue weighted by Crippen LogP contribution is 2.50. The molecule has 8 nitrogen and oxygen atoms in total. The number of methoxy groups -OCH3 is 2. The van der Waals surface area contributed by atoms with Crippen molar-refractivity contribution in [2.45, 2.75) is 77.0 Å². The van der Waals surface area contributed by atoms with Gasteiger partial charge in [0.1, 0.15) is 17.8 Å². The minimum atomic E-state index is -0.402. The summed E-state index contributed by atoms with van der Waals surface area (Å²) in [5.74, 6) is 1.96. The quantitative estimate of drug-likeness (QED) is 0.271. The molecule has 1 spiro atoms. The number of nitrogens with zero attached hydrogens (tertiary/aromatic N) is 6. The van der Waals surface area contributed by atoms with Gasteiger partial charge in [-0.2, -0.15) is 0 Å². The van der Waals surface area contributed by atoms with E-state index < -0.39 is 5.79 Å². The molecule has 234 valence electrons. The first-order valence-electron chi connectivity index (χ1n) is 16.2. The van der Waals surface area contributed by atoms with Gasteiger partial charge in [-0.15, -0.1) is 10.2 Å². The molecule has 1 aromatic carbocycles. The average Bonchev–Trinajstić information content (AvgIpc) is 3.73. The fourth-order valence-electron chi connectivity index (χ4n) is 8.41. The van der Waals surface area contributed by atoms with Gasteiger partial charge in [0.25, 0.3) is 0 Å². The second-order valence-electron chi connectivity index (χ2n) is 14.2. The molecule has 0 amide bonds. The third-order valence-electron chi connectivity index (χ3n) is 10.8. The highest BCUT2D eigenvalue weighted by atomic mass is 19.1. The Kier molecular flexibility index (Phi) is 7.70. The van der Waals surface area contributed by atoms with Gasteiger partial charge in [0.2, 0.25) is 0 Å². The van der Waals surface area contributed by atoms with Crippen molar-refractivity contribution in [1.29, 1.82) is 0 Å². The number of halogens is 1. The molecular weight excluding hydrogens is 555 g/mol. The van der Waals surface area contributed by atoms with E-state index >= 15 is 0 Å². The van der Waals surface area contributed by atoms with Crippen molar-refractivity contribution in [2.24, 2.45) is 17.3 Å². The topological polar surface area (TPSA) is 76.5 Å². The summed E-state index contributed by atoms with van der Waals surface area (Å²) >= 11 is 0. The van der Waals surface area contributed by atoms with Gasteiger partial charge in [-0.05, 0) is 78.8 Å². The normalized spacial score (nSPS) is 21.9. The molecule has 3 aromatic rings. The predicted octanol–water partition coefficient (Wildman–Crippen LogP) is 5.79. The number of benzene rings is 1. The number of hydrogen-bond acceptors (Lipinski definition) is 8. The molecule has 4 aliphatic rings. The van der Waals surface area contributed by atoms with Crippen LogP contribution in [0.1, 0.15) is 74.4 Å². The minimum Gasteiger partial charge on any atom is -0.354 e. The van der Waals surface area contributed by atoms with E-state index in [0.29, 0.717) is 30.2 Å². The lowest BCUT2D eigenvalue weighted by Gasteiger charge is -2.58. The van der Waals surface area contributed by atoms with Crippen LogP contribution in [0, 0.1) is 30.0 Å². The van der Waals surface area contributed by atoms with Gasteiger partial charge in [-0.25, -0.2) is 9.37 Å². The van der Waals surface area contributed by atoms with E-state index in [9.17, 15) is 4.39 Å². The van der Waals surface area contributed by atoms with Crippen LogP contribution in [0.25, 0.3) is 11.1 Å². The SMILES string of the molecule is COC1(OC)CC([C@H](C(C)C)N2CC3(CCN(c4ncnnc4Cc4ccc(F)cc4-c4cnc(C)cc4C4CC4)C3)C2)C1. The van der Waals surface area contributed by atoms with E-state index in [0.717, 1.165) is 79.3 Å². The van der Waals surface area contributed by atoms with Crippen LogP contribution in [0.15, 0.2) is 36.8 Å². The van der Waals surface area contributed by atoms with Crippen molar-refractivity contribution in [3.8, 4) is 11.1 Å². The second-order valence-corrected chi connectivity index (χ2v) is 14.2. The third-order valence-corrected chi connectivity index (χ3v) is 10.8. The number of aryl methyl sites for hydroxylation is 1. The first-order valence-corrected chi connectivity index (χ1v) is 16.2. The van der Waals surface area contributed by atoms with Crippen LogP contribution >= 0.6 is 0 Å². The molecule has 4 fully saturated rings. The van der Waals surface area contributed by atoms with Gasteiger partial charge >= 0.3 is 0 Å². The average molecular weight is 601 g/mol. The van der Waals surface area contributed by atoms with Crippen molar-refractivity contribution in [3.63, 3.8) is 0 Å². The maximum absolute atomic E-state index is 14.7. The Balaban J connectivity index is 1.08. The maximum atomic E-state index is 14.7. The zero-order valence-electron chi connectivity index (χ0n) is 26.7. The number of ether oxygens (including phenoxy) is 2. The second kappa shape index (κ2) is 11.4. The van der Waals surface area contributed by atoms with Gasteiger partial charge in [-0.1, -0.05) is 19.9 Å². The van der Waals surface area contributed by atoms with Crippen LogP contribution in [-0.4, -0.2) is 77.3 Å². The first-order chi connectivity index (χ1) is 21.2. The van der Waals surface area contributed by atoms with Gasteiger partial charge in [0.15, 0.2) is 11.6 Å². The van der Waals surface area contributed by atoms with Gasteiger partial charge in [0, 0.05) is 88.6 Å².